The fraction of sp³-hybridized carbons (Fsp3) is 0.250. The fourth-order valence-electron chi connectivity index (χ4n) is 3.36. The van der Waals surface area contributed by atoms with Crippen molar-refractivity contribution in [3.63, 3.8) is 0 Å². The van der Waals surface area contributed by atoms with Crippen LogP contribution in [0.2, 0.25) is 0 Å². The quantitative estimate of drug-likeness (QED) is 0.723. The van der Waals surface area contributed by atoms with Crippen molar-refractivity contribution in [1.82, 2.24) is 25.1 Å². The van der Waals surface area contributed by atoms with Crippen molar-refractivity contribution in [1.29, 1.82) is 0 Å². The maximum atomic E-state index is 12.6. The summed E-state index contributed by atoms with van der Waals surface area (Å²) in [5.41, 5.74) is 0.988. The maximum absolute atomic E-state index is 12.6. The van der Waals surface area contributed by atoms with Crippen LogP contribution in [0, 0.1) is 0 Å². The van der Waals surface area contributed by atoms with E-state index in [2.05, 4.69) is 20.2 Å². The van der Waals surface area contributed by atoms with E-state index in [1.54, 1.807) is 11.0 Å². The van der Waals surface area contributed by atoms with Gasteiger partial charge in [0.15, 0.2) is 5.82 Å². The lowest BCUT2D eigenvalue weighted by Gasteiger charge is -2.30. The number of hydrogen-bond donors (Lipinski definition) is 2. The van der Waals surface area contributed by atoms with Crippen LogP contribution >= 0.6 is 0 Å². The second-order valence-corrected chi connectivity index (χ2v) is 6.69. The summed E-state index contributed by atoms with van der Waals surface area (Å²) in [4.78, 5) is 34.0. The number of likely N-dealkylation sites (tertiary alicyclic amines) is 1. The summed E-state index contributed by atoms with van der Waals surface area (Å²) in [7, 11) is 0. The molecular weight excluding hydrogens is 358 g/mol. The Kier molecular flexibility index (Phi) is 4.84. The number of amides is 1. The number of benzene rings is 1. The van der Waals surface area contributed by atoms with Crippen LogP contribution in [0.5, 0.6) is 0 Å². The third-order valence-electron chi connectivity index (χ3n) is 4.89. The van der Waals surface area contributed by atoms with Crippen molar-refractivity contribution in [2.75, 3.05) is 13.1 Å². The number of pyridine rings is 1. The van der Waals surface area contributed by atoms with E-state index in [-0.39, 0.29) is 23.2 Å². The van der Waals surface area contributed by atoms with E-state index in [0.717, 1.165) is 24.2 Å². The Hall–Kier alpha value is -3.55. The van der Waals surface area contributed by atoms with E-state index in [4.69, 9.17) is 5.11 Å². The molecule has 3 heterocycles. The van der Waals surface area contributed by atoms with Gasteiger partial charge in [0.2, 0.25) is 0 Å². The lowest BCUT2D eigenvalue weighted by molar-refractivity contribution is 0.0688. The van der Waals surface area contributed by atoms with Crippen LogP contribution < -0.4 is 0 Å². The van der Waals surface area contributed by atoms with Crippen molar-refractivity contribution < 1.29 is 14.7 Å². The molecule has 1 amide bonds. The van der Waals surface area contributed by atoms with Crippen molar-refractivity contribution in [3.05, 3.63) is 65.7 Å². The Morgan fingerprint density at radius 3 is 2.39 bits per heavy atom. The second kappa shape index (κ2) is 7.59. The number of carbonyl (C=O) groups is 2. The summed E-state index contributed by atoms with van der Waals surface area (Å²) in [6.07, 6.45) is 1.52. The van der Waals surface area contributed by atoms with E-state index >= 15 is 0 Å². The third-order valence-corrected chi connectivity index (χ3v) is 4.89. The van der Waals surface area contributed by atoms with E-state index in [0.29, 0.717) is 18.9 Å². The molecule has 8 nitrogen and oxygen atoms in total. The molecule has 0 saturated carbocycles. The van der Waals surface area contributed by atoms with Crippen LogP contribution in [0.15, 0.2) is 48.5 Å². The molecule has 0 radical (unpaired) electrons. The van der Waals surface area contributed by atoms with Gasteiger partial charge in [-0.1, -0.05) is 36.4 Å². The number of carboxylic acids is 1. The molecule has 1 aromatic carbocycles. The topological polar surface area (TPSA) is 112 Å². The first-order valence-electron chi connectivity index (χ1n) is 9.09. The zero-order chi connectivity index (χ0) is 19.5. The van der Waals surface area contributed by atoms with Crippen molar-refractivity contribution >= 4 is 11.9 Å². The Bertz CT molecular complexity index is 994. The molecule has 8 heteroatoms. The lowest BCUT2D eigenvalue weighted by Crippen LogP contribution is -2.38. The standard InChI is InChI=1S/C20H19N5O3/c26-19(15-7-4-8-16(21-15)20(27)28)25-11-9-14(10-12-25)18-22-17(23-24-18)13-5-2-1-3-6-13/h1-8,14H,9-12H2,(H,27,28)(H,22,23,24). The molecule has 28 heavy (non-hydrogen) atoms. The van der Waals surface area contributed by atoms with Crippen molar-refractivity contribution in [2.24, 2.45) is 0 Å². The first kappa shape index (κ1) is 17.8. The Morgan fingerprint density at radius 2 is 1.68 bits per heavy atom. The molecule has 3 aromatic rings. The molecule has 142 valence electrons. The van der Waals surface area contributed by atoms with Gasteiger partial charge in [0.05, 0.1) is 0 Å². The highest BCUT2D eigenvalue weighted by molar-refractivity contribution is 5.94. The Balaban J connectivity index is 1.41. The lowest BCUT2D eigenvalue weighted by atomic mass is 9.96. The molecule has 1 aliphatic heterocycles. The predicted octanol–water partition coefficient (Wildman–Crippen LogP) is 2.58. The minimum Gasteiger partial charge on any atom is -0.477 e. The van der Waals surface area contributed by atoms with E-state index in [1.165, 1.54) is 12.1 Å². The molecule has 0 spiro atoms. The molecule has 1 aliphatic rings. The van der Waals surface area contributed by atoms with Gasteiger partial charge in [-0.3, -0.25) is 9.89 Å². The number of piperidine rings is 1. The first-order valence-corrected chi connectivity index (χ1v) is 9.09. The molecule has 0 aliphatic carbocycles. The summed E-state index contributed by atoms with van der Waals surface area (Å²) in [5, 5.41) is 16.4. The van der Waals surface area contributed by atoms with Gasteiger partial charge in [0.1, 0.15) is 17.2 Å². The van der Waals surface area contributed by atoms with Crippen molar-refractivity contribution in [3.8, 4) is 11.4 Å². The molecule has 0 unspecified atom stereocenters. The number of aromatic nitrogens is 4. The van der Waals surface area contributed by atoms with Gasteiger partial charge in [0.25, 0.3) is 5.91 Å². The summed E-state index contributed by atoms with van der Waals surface area (Å²) in [6.45, 7) is 1.12. The number of nitrogens with one attached hydrogen (secondary N) is 1. The summed E-state index contributed by atoms with van der Waals surface area (Å²) in [5.74, 6) is 0.310. The van der Waals surface area contributed by atoms with Crippen LogP contribution in [0.1, 0.15) is 45.6 Å². The largest absolute Gasteiger partial charge is 0.477 e. The van der Waals surface area contributed by atoms with Crippen LogP contribution in [-0.4, -0.2) is 55.1 Å². The van der Waals surface area contributed by atoms with E-state index in [9.17, 15) is 9.59 Å². The van der Waals surface area contributed by atoms with Crippen LogP contribution in [-0.2, 0) is 0 Å². The van der Waals surface area contributed by atoms with Gasteiger partial charge in [-0.15, -0.1) is 0 Å². The molecule has 1 fully saturated rings. The highest BCUT2D eigenvalue weighted by atomic mass is 16.4. The average Bonchev–Trinajstić information content (AvgIpc) is 3.24. The van der Waals surface area contributed by atoms with E-state index in [1.807, 2.05) is 30.3 Å². The number of hydrogen-bond acceptors (Lipinski definition) is 5. The predicted molar refractivity (Wildman–Crippen MR) is 101 cm³/mol. The highest BCUT2D eigenvalue weighted by Gasteiger charge is 2.27. The number of H-pyrrole nitrogens is 1. The number of carbonyl (C=O) groups excluding carboxylic acids is 1. The smallest absolute Gasteiger partial charge is 0.354 e. The zero-order valence-corrected chi connectivity index (χ0v) is 15.1. The average molecular weight is 377 g/mol. The molecule has 2 aromatic heterocycles. The normalized spacial score (nSPS) is 14.8. The van der Waals surface area contributed by atoms with E-state index < -0.39 is 5.97 Å². The number of aromatic carboxylic acids is 1. The molecule has 2 N–H and O–H groups in total. The molecule has 1 saturated heterocycles. The molecule has 4 rings (SSSR count). The minimum absolute atomic E-state index is 0.129. The molecule has 0 atom stereocenters. The third kappa shape index (κ3) is 3.62. The van der Waals surface area contributed by atoms with Gasteiger partial charge >= 0.3 is 5.97 Å². The SMILES string of the molecule is O=C(O)c1cccc(C(=O)N2CCC(c3nc(-c4ccccc4)n[nH]3)CC2)n1. The Labute approximate surface area is 161 Å². The summed E-state index contributed by atoms with van der Waals surface area (Å²) in [6, 6.07) is 14.2. The van der Waals surface area contributed by atoms with Gasteiger partial charge in [-0.25, -0.2) is 14.8 Å². The summed E-state index contributed by atoms with van der Waals surface area (Å²) >= 11 is 0. The number of nitrogens with zero attached hydrogens (tertiary/aromatic N) is 4. The van der Waals surface area contributed by atoms with Crippen LogP contribution in [0.25, 0.3) is 11.4 Å². The van der Waals surface area contributed by atoms with Crippen molar-refractivity contribution in [2.45, 2.75) is 18.8 Å². The van der Waals surface area contributed by atoms with Gasteiger partial charge in [-0.2, -0.15) is 5.10 Å². The van der Waals surface area contributed by atoms with Crippen LogP contribution in [0.3, 0.4) is 0 Å². The minimum atomic E-state index is -1.15. The zero-order valence-electron chi connectivity index (χ0n) is 15.1. The molecule has 0 bridgehead atoms. The van der Waals surface area contributed by atoms with Gasteiger partial charge < -0.3 is 10.0 Å². The first-order chi connectivity index (χ1) is 13.6. The van der Waals surface area contributed by atoms with Gasteiger partial charge in [-0.05, 0) is 25.0 Å². The number of carboxylic acid groups (broad SMARTS) is 1. The number of rotatable bonds is 4. The number of aromatic amines is 1. The second-order valence-electron chi connectivity index (χ2n) is 6.69. The maximum Gasteiger partial charge on any atom is 0.354 e. The fourth-order valence-corrected chi connectivity index (χ4v) is 3.36. The van der Waals surface area contributed by atoms with Gasteiger partial charge in [0, 0.05) is 24.6 Å². The monoisotopic (exact) mass is 377 g/mol. The molecular formula is C20H19N5O3. The summed E-state index contributed by atoms with van der Waals surface area (Å²) < 4.78 is 0. The highest BCUT2D eigenvalue weighted by Crippen LogP contribution is 2.27. The van der Waals surface area contributed by atoms with Crippen LogP contribution in [0.4, 0.5) is 0 Å². The Morgan fingerprint density at radius 1 is 0.964 bits per heavy atom.